The second kappa shape index (κ2) is 13.6. The van der Waals surface area contributed by atoms with Gasteiger partial charge in [0.1, 0.15) is 31.5 Å². The van der Waals surface area contributed by atoms with Gasteiger partial charge in [-0.05, 0) is 87.1 Å². The van der Waals surface area contributed by atoms with E-state index in [1.165, 1.54) is 60.6 Å². The Balaban J connectivity index is 1.11. The van der Waals surface area contributed by atoms with Crippen molar-refractivity contribution in [3.63, 3.8) is 0 Å². The number of hydrogen-bond donors (Lipinski definition) is 0. The zero-order valence-electron chi connectivity index (χ0n) is 33.0. The number of para-hydroxylation sites is 3. The van der Waals surface area contributed by atoms with E-state index in [2.05, 4.69) is 224 Å². The van der Waals surface area contributed by atoms with Crippen molar-refractivity contribution in [2.45, 2.75) is 12.0 Å². The van der Waals surface area contributed by atoms with Crippen LogP contribution in [-0.2, 0) is 5.41 Å². The average Bonchev–Trinajstić information content (AvgIpc) is 3.71. The standard InChI is InChI=1S/C56H39NO2Si/c1-60-53-28-12-8-20-45(53)56(43-18-6-10-25-50(43)59-51-26-11-7-19-44(51)56)46-21-13-23-48(55(46)60)57(47-22-14-27-52-54(47)42-17-5-9-24-49(42)58-52)41-35-33-40(34-36-41)39-31-29-38(30-32-39)37-15-3-2-4-16-37/h2-36,60H,1H3. The van der Waals surface area contributed by atoms with Gasteiger partial charge in [-0.25, -0.2) is 0 Å². The molecule has 4 heteroatoms. The maximum absolute atomic E-state index is 6.73. The molecule has 12 rings (SSSR count). The van der Waals surface area contributed by atoms with Gasteiger partial charge in [0.2, 0.25) is 0 Å². The van der Waals surface area contributed by atoms with Gasteiger partial charge in [0.15, 0.2) is 0 Å². The Labute approximate surface area is 351 Å². The second-order valence-corrected chi connectivity index (χ2v) is 18.6. The Kier molecular flexibility index (Phi) is 7.84. The number of rotatable bonds is 5. The maximum Gasteiger partial charge on any atom is 0.137 e. The fourth-order valence-electron chi connectivity index (χ4n) is 10.3. The normalized spacial score (nSPS) is 14.5. The lowest BCUT2D eigenvalue weighted by Gasteiger charge is -2.48. The Morgan fingerprint density at radius 3 is 1.65 bits per heavy atom. The molecule has 0 aliphatic carbocycles. The number of fused-ring (bicyclic) bond motifs is 11. The molecule has 3 heterocycles. The van der Waals surface area contributed by atoms with Crippen LogP contribution in [0.25, 0.3) is 44.2 Å². The third-order valence-electron chi connectivity index (χ3n) is 12.9. The minimum atomic E-state index is -1.85. The molecule has 0 saturated carbocycles. The molecule has 2 aliphatic rings. The summed E-state index contributed by atoms with van der Waals surface area (Å²) in [6, 6.07) is 77.0. The van der Waals surface area contributed by atoms with Crippen molar-refractivity contribution in [3.05, 3.63) is 235 Å². The molecule has 9 aromatic carbocycles. The zero-order valence-corrected chi connectivity index (χ0v) is 34.2. The Bertz CT molecular complexity index is 3210. The molecule has 0 amide bonds. The summed E-state index contributed by atoms with van der Waals surface area (Å²) in [5.41, 5.74) is 14.4. The van der Waals surface area contributed by atoms with E-state index in [-0.39, 0.29) is 0 Å². The van der Waals surface area contributed by atoms with E-state index in [9.17, 15) is 0 Å². The minimum absolute atomic E-state index is 0.581. The molecule has 10 aromatic rings. The molecule has 3 nitrogen and oxygen atoms in total. The molecule has 1 unspecified atom stereocenters. The molecular weight excluding hydrogens is 747 g/mol. The van der Waals surface area contributed by atoms with Gasteiger partial charge < -0.3 is 14.1 Å². The number of hydrogen-bond acceptors (Lipinski definition) is 3. The highest BCUT2D eigenvalue weighted by Gasteiger charge is 2.51. The fraction of sp³-hybridized carbons (Fsp3) is 0.0357. The first-order valence-electron chi connectivity index (χ1n) is 20.7. The van der Waals surface area contributed by atoms with Crippen molar-refractivity contribution in [1.29, 1.82) is 0 Å². The first-order chi connectivity index (χ1) is 29.7. The third-order valence-corrected chi connectivity index (χ3v) is 15.8. The van der Waals surface area contributed by atoms with E-state index >= 15 is 0 Å². The molecule has 2 aliphatic heterocycles. The summed E-state index contributed by atoms with van der Waals surface area (Å²) in [5.74, 6) is 1.80. The predicted octanol–water partition coefficient (Wildman–Crippen LogP) is 13.2. The smallest absolute Gasteiger partial charge is 0.137 e. The van der Waals surface area contributed by atoms with Crippen LogP contribution in [0.15, 0.2) is 217 Å². The van der Waals surface area contributed by atoms with Gasteiger partial charge in [0.25, 0.3) is 0 Å². The maximum atomic E-state index is 6.73. The largest absolute Gasteiger partial charge is 0.457 e. The number of ether oxygens (including phenoxy) is 1. The van der Waals surface area contributed by atoms with Crippen LogP contribution in [0.2, 0.25) is 6.55 Å². The third kappa shape index (κ3) is 5.08. The first-order valence-corrected chi connectivity index (χ1v) is 23.1. The highest BCUT2D eigenvalue weighted by atomic mass is 28.3. The summed E-state index contributed by atoms with van der Waals surface area (Å²) in [6.45, 7) is 2.51. The van der Waals surface area contributed by atoms with Crippen molar-refractivity contribution in [2.24, 2.45) is 0 Å². The van der Waals surface area contributed by atoms with Crippen LogP contribution in [-0.4, -0.2) is 8.80 Å². The predicted molar refractivity (Wildman–Crippen MR) is 250 cm³/mol. The number of benzene rings is 9. The molecule has 60 heavy (non-hydrogen) atoms. The van der Waals surface area contributed by atoms with Gasteiger partial charge in [-0.3, -0.25) is 0 Å². The van der Waals surface area contributed by atoms with Crippen molar-refractivity contribution in [1.82, 2.24) is 0 Å². The van der Waals surface area contributed by atoms with E-state index in [1.807, 2.05) is 0 Å². The van der Waals surface area contributed by atoms with Gasteiger partial charge in [0.05, 0.1) is 16.5 Å². The van der Waals surface area contributed by atoms with E-state index in [1.54, 1.807) is 0 Å². The van der Waals surface area contributed by atoms with Gasteiger partial charge >= 0.3 is 0 Å². The average molecular weight is 786 g/mol. The monoisotopic (exact) mass is 785 g/mol. The van der Waals surface area contributed by atoms with Crippen molar-refractivity contribution in [2.75, 3.05) is 4.90 Å². The fourth-order valence-corrected chi connectivity index (χ4v) is 13.2. The van der Waals surface area contributed by atoms with Gasteiger partial charge in [-0.15, -0.1) is 0 Å². The van der Waals surface area contributed by atoms with Crippen LogP contribution >= 0.6 is 0 Å². The lowest BCUT2D eigenvalue weighted by atomic mass is 9.63. The highest BCUT2D eigenvalue weighted by molar-refractivity contribution is 6.86. The molecule has 0 bridgehead atoms. The number of anilines is 3. The van der Waals surface area contributed by atoms with Crippen LogP contribution in [0, 0.1) is 0 Å². The molecular formula is C56H39NO2Si. The second-order valence-electron chi connectivity index (χ2n) is 16.0. The highest BCUT2D eigenvalue weighted by Crippen LogP contribution is 2.56. The molecule has 0 fully saturated rings. The molecule has 0 N–H and O–H groups in total. The van der Waals surface area contributed by atoms with Crippen molar-refractivity contribution >= 4 is 58.2 Å². The van der Waals surface area contributed by atoms with Crippen LogP contribution in [0.4, 0.5) is 17.1 Å². The van der Waals surface area contributed by atoms with E-state index in [0.717, 1.165) is 44.8 Å². The number of furan rings is 1. The summed E-state index contributed by atoms with van der Waals surface area (Å²) in [6.07, 6.45) is 0. The topological polar surface area (TPSA) is 25.6 Å². The first kappa shape index (κ1) is 34.6. The SMILES string of the molecule is C[SiH]1c2ccccc2C2(c3ccccc3Oc3ccccc32)c2cccc(N(c3ccc(-c4ccc(-c5ccccc5)cc4)cc3)c3cccc4oc5ccccc5c34)c21. The van der Waals surface area contributed by atoms with Gasteiger partial charge in [-0.1, -0.05) is 176 Å². The molecule has 1 aromatic heterocycles. The van der Waals surface area contributed by atoms with E-state index in [0.29, 0.717) is 0 Å². The van der Waals surface area contributed by atoms with Crippen LogP contribution in [0.1, 0.15) is 22.3 Å². The van der Waals surface area contributed by atoms with Gasteiger partial charge in [0, 0.05) is 27.9 Å². The van der Waals surface area contributed by atoms with Crippen LogP contribution in [0.3, 0.4) is 0 Å². The van der Waals surface area contributed by atoms with Gasteiger partial charge in [-0.2, -0.15) is 0 Å². The lowest BCUT2D eigenvalue weighted by molar-refractivity contribution is 0.435. The lowest BCUT2D eigenvalue weighted by Crippen LogP contribution is -2.56. The molecule has 1 spiro atoms. The minimum Gasteiger partial charge on any atom is -0.457 e. The molecule has 1 atom stereocenters. The van der Waals surface area contributed by atoms with E-state index < -0.39 is 14.2 Å². The number of nitrogens with zero attached hydrogens (tertiary/aromatic N) is 1. The summed E-state index contributed by atoms with van der Waals surface area (Å²) < 4.78 is 13.3. The Morgan fingerprint density at radius 2 is 0.933 bits per heavy atom. The Morgan fingerprint density at radius 1 is 0.417 bits per heavy atom. The molecule has 0 radical (unpaired) electrons. The van der Waals surface area contributed by atoms with Crippen LogP contribution in [0.5, 0.6) is 11.5 Å². The summed E-state index contributed by atoms with van der Waals surface area (Å²) in [4.78, 5) is 2.51. The van der Waals surface area contributed by atoms with Crippen molar-refractivity contribution < 1.29 is 9.15 Å². The molecule has 284 valence electrons. The quantitative estimate of drug-likeness (QED) is 0.163. The summed E-state index contributed by atoms with van der Waals surface area (Å²) in [5, 5.41) is 5.08. The van der Waals surface area contributed by atoms with Crippen LogP contribution < -0.4 is 20.0 Å². The molecule has 0 saturated heterocycles. The van der Waals surface area contributed by atoms with E-state index in [4.69, 9.17) is 9.15 Å². The Hall–Kier alpha value is -7.40. The summed E-state index contributed by atoms with van der Waals surface area (Å²) in [7, 11) is -1.85. The zero-order chi connectivity index (χ0) is 39.8. The summed E-state index contributed by atoms with van der Waals surface area (Å²) >= 11 is 0. The van der Waals surface area contributed by atoms with Crippen molar-refractivity contribution in [3.8, 4) is 33.8 Å².